The van der Waals surface area contributed by atoms with Gasteiger partial charge in [-0.1, -0.05) is 29.8 Å². The fourth-order valence-corrected chi connectivity index (χ4v) is 2.22. The van der Waals surface area contributed by atoms with E-state index in [-0.39, 0.29) is 6.54 Å². The molecule has 0 saturated carbocycles. The molecule has 0 aliphatic carbocycles. The minimum absolute atomic E-state index is 0.253. The molecule has 1 N–H and O–H groups in total. The van der Waals surface area contributed by atoms with Crippen molar-refractivity contribution in [2.24, 2.45) is 0 Å². The third kappa shape index (κ3) is 6.02. The van der Waals surface area contributed by atoms with Gasteiger partial charge < -0.3 is 15.0 Å². The maximum atomic E-state index is 12.9. The number of amides is 2. The summed E-state index contributed by atoms with van der Waals surface area (Å²) in [4.78, 5) is 25.1. The molecule has 2 rings (SSSR count). The van der Waals surface area contributed by atoms with Gasteiger partial charge in [0.2, 0.25) is 5.91 Å². The molecule has 2 amide bonds. The number of carbonyl (C=O) groups is 2. The highest BCUT2D eigenvalue weighted by atomic mass is 19.4. The van der Waals surface area contributed by atoms with Gasteiger partial charge in [0, 0.05) is 12.7 Å². The van der Waals surface area contributed by atoms with Gasteiger partial charge in [-0.2, -0.15) is 13.2 Å². The molecule has 0 aromatic heterocycles. The maximum absolute atomic E-state index is 12.9. The Morgan fingerprint density at radius 3 is 2.33 bits per heavy atom. The Balaban J connectivity index is 1.89. The molecule has 0 spiro atoms. The lowest BCUT2D eigenvalue weighted by Crippen LogP contribution is -2.37. The van der Waals surface area contributed by atoms with Crippen molar-refractivity contribution in [1.82, 2.24) is 4.90 Å². The SMILES string of the molecule is Cc1ccc(NC(=O)CN(C)C(=O)COc2ccccc2C(F)(F)F)cc1. The van der Waals surface area contributed by atoms with Crippen LogP contribution in [0.4, 0.5) is 18.9 Å². The van der Waals surface area contributed by atoms with Crippen LogP contribution in [0.15, 0.2) is 48.5 Å². The fourth-order valence-electron chi connectivity index (χ4n) is 2.22. The Morgan fingerprint density at radius 1 is 1.07 bits per heavy atom. The van der Waals surface area contributed by atoms with E-state index >= 15 is 0 Å². The monoisotopic (exact) mass is 380 g/mol. The summed E-state index contributed by atoms with van der Waals surface area (Å²) in [6.07, 6.45) is -4.58. The minimum Gasteiger partial charge on any atom is -0.483 e. The van der Waals surface area contributed by atoms with Gasteiger partial charge in [-0.15, -0.1) is 0 Å². The van der Waals surface area contributed by atoms with E-state index in [1.54, 1.807) is 12.1 Å². The second kappa shape index (κ2) is 8.57. The summed E-state index contributed by atoms with van der Waals surface area (Å²) in [5.41, 5.74) is 0.663. The molecule has 0 radical (unpaired) electrons. The molecule has 0 aliphatic rings. The van der Waals surface area contributed by atoms with Crippen molar-refractivity contribution in [1.29, 1.82) is 0 Å². The van der Waals surface area contributed by atoms with Crippen LogP contribution < -0.4 is 10.1 Å². The Labute approximate surface area is 154 Å². The van der Waals surface area contributed by atoms with E-state index in [9.17, 15) is 22.8 Å². The summed E-state index contributed by atoms with van der Waals surface area (Å²) in [6, 6.07) is 11.7. The Morgan fingerprint density at radius 2 is 1.70 bits per heavy atom. The zero-order chi connectivity index (χ0) is 20.0. The third-order valence-corrected chi connectivity index (χ3v) is 3.69. The van der Waals surface area contributed by atoms with Crippen LogP contribution in [0, 0.1) is 6.92 Å². The summed E-state index contributed by atoms with van der Waals surface area (Å²) >= 11 is 0. The third-order valence-electron chi connectivity index (χ3n) is 3.69. The highest BCUT2D eigenvalue weighted by Crippen LogP contribution is 2.35. The summed E-state index contributed by atoms with van der Waals surface area (Å²) in [5.74, 6) is -1.48. The molecule has 2 aromatic rings. The molecular weight excluding hydrogens is 361 g/mol. The maximum Gasteiger partial charge on any atom is 0.419 e. The first-order valence-corrected chi connectivity index (χ1v) is 8.06. The quantitative estimate of drug-likeness (QED) is 0.835. The molecular formula is C19H19F3N2O3. The predicted octanol–water partition coefficient (Wildman–Crippen LogP) is 3.49. The molecule has 0 atom stereocenters. The van der Waals surface area contributed by atoms with Crippen molar-refractivity contribution in [2.45, 2.75) is 13.1 Å². The van der Waals surface area contributed by atoms with E-state index in [1.807, 2.05) is 19.1 Å². The summed E-state index contributed by atoms with van der Waals surface area (Å²) in [5, 5.41) is 2.64. The number of ether oxygens (including phenoxy) is 1. The smallest absolute Gasteiger partial charge is 0.419 e. The van der Waals surface area contributed by atoms with Gasteiger partial charge in [0.15, 0.2) is 6.61 Å². The van der Waals surface area contributed by atoms with Crippen LogP contribution in [-0.2, 0) is 15.8 Å². The number of halogens is 3. The van der Waals surface area contributed by atoms with Crippen LogP contribution in [0.1, 0.15) is 11.1 Å². The molecule has 0 saturated heterocycles. The van der Waals surface area contributed by atoms with Crippen LogP contribution in [-0.4, -0.2) is 36.9 Å². The average molecular weight is 380 g/mol. The minimum atomic E-state index is -4.58. The predicted molar refractivity (Wildman–Crippen MR) is 94.4 cm³/mol. The molecule has 0 unspecified atom stereocenters. The number of nitrogens with one attached hydrogen (secondary N) is 1. The largest absolute Gasteiger partial charge is 0.483 e. The average Bonchev–Trinajstić information content (AvgIpc) is 2.61. The van der Waals surface area contributed by atoms with Gasteiger partial charge in [-0.3, -0.25) is 9.59 Å². The molecule has 0 aliphatic heterocycles. The number of alkyl halides is 3. The standard InChI is InChI=1S/C19H19F3N2O3/c1-13-7-9-14(10-8-13)23-17(25)11-24(2)18(26)12-27-16-6-4-3-5-15(16)19(20,21)22/h3-10H,11-12H2,1-2H3,(H,23,25). The van der Waals surface area contributed by atoms with Crippen LogP contribution in [0.5, 0.6) is 5.75 Å². The summed E-state index contributed by atoms with van der Waals surface area (Å²) in [6.45, 7) is 1.05. The molecule has 0 heterocycles. The van der Waals surface area contributed by atoms with E-state index in [1.165, 1.54) is 19.2 Å². The number of hydrogen-bond acceptors (Lipinski definition) is 3. The number of carbonyl (C=O) groups excluding carboxylic acids is 2. The van der Waals surface area contributed by atoms with Crippen molar-refractivity contribution < 1.29 is 27.5 Å². The van der Waals surface area contributed by atoms with E-state index in [0.29, 0.717) is 5.69 Å². The normalized spacial score (nSPS) is 11.0. The summed E-state index contributed by atoms with van der Waals surface area (Å²) < 4.78 is 43.7. The van der Waals surface area contributed by atoms with E-state index in [0.717, 1.165) is 22.6 Å². The molecule has 144 valence electrons. The second-order valence-electron chi connectivity index (χ2n) is 5.95. The van der Waals surface area contributed by atoms with Crippen LogP contribution >= 0.6 is 0 Å². The van der Waals surface area contributed by atoms with Crippen LogP contribution in [0.2, 0.25) is 0 Å². The molecule has 2 aromatic carbocycles. The molecule has 0 fully saturated rings. The first-order chi connectivity index (χ1) is 12.7. The van der Waals surface area contributed by atoms with Gasteiger partial charge in [0.05, 0.1) is 12.1 Å². The first-order valence-electron chi connectivity index (χ1n) is 8.06. The number of anilines is 1. The first kappa shape index (κ1) is 20.3. The van der Waals surface area contributed by atoms with E-state index < -0.39 is 35.9 Å². The highest BCUT2D eigenvalue weighted by Gasteiger charge is 2.34. The topological polar surface area (TPSA) is 58.6 Å². The molecule has 0 bridgehead atoms. The molecule has 27 heavy (non-hydrogen) atoms. The lowest BCUT2D eigenvalue weighted by molar-refractivity contribution is -0.141. The summed E-state index contributed by atoms with van der Waals surface area (Å²) in [7, 11) is 1.37. The Kier molecular flexibility index (Phi) is 6.44. The molecule has 8 heteroatoms. The van der Waals surface area contributed by atoms with Gasteiger partial charge in [0.25, 0.3) is 5.91 Å². The Bertz CT molecular complexity index is 805. The number of hydrogen-bond donors (Lipinski definition) is 1. The van der Waals surface area contributed by atoms with Crippen molar-refractivity contribution in [3.8, 4) is 5.75 Å². The molecule has 5 nitrogen and oxygen atoms in total. The van der Waals surface area contributed by atoms with Crippen LogP contribution in [0.25, 0.3) is 0 Å². The van der Waals surface area contributed by atoms with Crippen molar-refractivity contribution >= 4 is 17.5 Å². The van der Waals surface area contributed by atoms with Crippen molar-refractivity contribution in [2.75, 3.05) is 25.5 Å². The zero-order valence-corrected chi connectivity index (χ0v) is 14.8. The van der Waals surface area contributed by atoms with Crippen molar-refractivity contribution in [3.05, 3.63) is 59.7 Å². The fraction of sp³-hybridized carbons (Fsp3) is 0.263. The van der Waals surface area contributed by atoms with Gasteiger partial charge in [-0.25, -0.2) is 0 Å². The van der Waals surface area contributed by atoms with Crippen LogP contribution in [0.3, 0.4) is 0 Å². The number of para-hydroxylation sites is 1. The zero-order valence-electron chi connectivity index (χ0n) is 14.8. The second-order valence-corrected chi connectivity index (χ2v) is 5.95. The van der Waals surface area contributed by atoms with E-state index in [2.05, 4.69) is 5.32 Å². The highest BCUT2D eigenvalue weighted by molar-refractivity contribution is 5.94. The number of likely N-dealkylation sites (N-methyl/N-ethyl adjacent to an activating group) is 1. The lowest BCUT2D eigenvalue weighted by Gasteiger charge is -2.18. The van der Waals surface area contributed by atoms with Gasteiger partial charge in [0.1, 0.15) is 5.75 Å². The number of aryl methyl sites for hydroxylation is 1. The van der Waals surface area contributed by atoms with Gasteiger partial charge >= 0.3 is 6.18 Å². The number of nitrogens with zero attached hydrogens (tertiary/aromatic N) is 1. The lowest BCUT2D eigenvalue weighted by atomic mass is 10.2. The number of rotatable bonds is 6. The van der Waals surface area contributed by atoms with E-state index in [4.69, 9.17) is 4.74 Å². The Hall–Kier alpha value is -3.03. The number of benzene rings is 2. The van der Waals surface area contributed by atoms with Crippen molar-refractivity contribution in [3.63, 3.8) is 0 Å². The van der Waals surface area contributed by atoms with Gasteiger partial charge in [-0.05, 0) is 31.2 Å².